The zero-order valence-corrected chi connectivity index (χ0v) is 16.8. The summed E-state index contributed by atoms with van der Waals surface area (Å²) in [5.74, 6) is 0.818. The van der Waals surface area contributed by atoms with Crippen LogP contribution < -0.4 is 9.47 Å². The van der Waals surface area contributed by atoms with Crippen molar-refractivity contribution in [1.29, 1.82) is 0 Å². The molecule has 0 aliphatic carbocycles. The number of para-hydroxylation sites is 1. The molecule has 0 spiro atoms. The molecule has 2 heterocycles. The summed E-state index contributed by atoms with van der Waals surface area (Å²) < 4.78 is 31.7. The Labute approximate surface area is 176 Å². The second kappa shape index (κ2) is 7.68. The lowest BCUT2D eigenvalue weighted by atomic mass is 9.97. The highest BCUT2D eigenvalue weighted by Gasteiger charge is 2.40. The number of aliphatic hydroxyl groups is 1. The third-order valence-corrected chi connectivity index (χ3v) is 6.08. The molecule has 1 N–H and O–H groups in total. The van der Waals surface area contributed by atoms with Crippen LogP contribution in [0.3, 0.4) is 0 Å². The summed E-state index contributed by atoms with van der Waals surface area (Å²) in [5.41, 5.74) is 2.01. The standard InChI is InChI=1S/C23H18FNO4S/c1-27-23-21(28-15-5-3-2-4-6-15)20(26)16-11-13(7-9-18(16)29-23)22-25-17-12-14(24)8-10-19(17)30-22/h2-12,20-21,23,26H,1H3/t20?,21-,23+/m0/s1. The Balaban J connectivity index is 1.51. The van der Waals surface area contributed by atoms with Crippen LogP contribution in [0.15, 0.2) is 66.7 Å². The van der Waals surface area contributed by atoms with E-state index in [1.165, 1.54) is 30.6 Å². The summed E-state index contributed by atoms with van der Waals surface area (Å²) in [6.07, 6.45) is -2.47. The van der Waals surface area contributed by atoms with Crippen molar-refractivity contribution in [3.05, 3.63) is 78.1 Å². The highest BCUT2D eigenvalue weighted by atomic mass is 32.1. The van der Waals surface area contributed by atoms with E-state index in [2.05, 4.69) is 4.98 Å². The molecule has 152 valence electrons. The number of rotatable bonds is 4. The number of aliphatic hydroxyl groups excluding tert-OH is 1. The molecule has 7 heteroatoms. The van der Waals surface area contributed by atoms with E-state index in [4.69, 9.17) is 14.2 Å². The van der Waals surface area contributed by atoms with Crippen LogP contribution in [0.1, 0.15) is 11.7 Å². The number of nitrogens with zero attached hydrogens (tertiary/aromatic N) is 1. The van der Waals surface area contributed by atoms with Crippen molar-refractivity contribution in [3.8, 4) is 22.1 Å². The predicted octanol–water partition coefficient (Wildman–Crippen LogP) is 4.95. The Morgan fingerprint density at radius 2 is 1.90 bits per heavy atom. The van der Waals surface area contributed by atoms with Crippen LogP contribution in [0.2, 0.25) is 0 Å². The highest BCUT2D eigenvalue weighted by Crippen LogP contribution is 2.40. The number of ether oxygens (including phenoxy) is 3. The lowest BCUT2D eigenvalue weighted by Crippen LogP contribution is -2.45. The van der Waals surface area contributed by atoms with E-state index in [1.807, 2.05) is 42.5 Å². The maximum atomic E-state index is 13.5. The number of fused-ring (bicyclic) bond motifs is 2. The summed E-state index contributed by atoms with van der Waals surface area (Å²) >= 11 is 1.46. The SMILES string of the molecule is CO[C@@H]1Oc2ccc(-c3nc4cc(F)ccc4s3)cc2C(O)[C@@H]1Oc1ccccc1. The molecule has 0 fully saturated rings. The van der Waals surface area contributed by atoms with Crippen LogP contribution in [0, 0.1) is 5.82 Å². The van der Waals surface area contributed by atoms with Gasteiger partial charge in [-0.15, -0.1) is 11.3 Å². The van der Waals surface area contributed by atoms with E-state index in [9.17, 15) is 9.50 Å². The molecule has 0 saturated carbocycles. The van der Waals surface area contributed by atoms with Crippen LogP contribution in [-0.2, 0) is 4.74 Å². The Kier molecular flexibility index (Phi) is 4.86. The second-order valence-corrected chi connectivity index (χ2v) is 7.98. The maximum absolute atomic E-state index is 13.5. The first-order valence-electron chi connectivity index (χ1n) is 9.42. The molecule has 0 saturated heterocycles. The van der Waals surface area contributed by atoms with Crippen molar-refractivity contribution in [3.63, 3.8) is 0 Å². The summed E-state index contributed by atoms with van der Waals surface area (Å²) in [4.78, 5) is 4.54. The molecule has 1 aliphatic rings. The van der Waals surface area contributed by atoms with Crippen molar-refractivity contribution in [1.82, 2.24) is 4.98 Å². The molecule has 30 heavy (non-hydrogen) atoms. The minimum absolute atomic E-state index is 0.319. The number of hydrogen-bond acceptors (Lipinski definition) is 6. The number of hydrogen-bond donors (Lipinski definition) is 1. The van der Waals surface area contributed by atoms with Gasteiger partial charge in [-0.1, -0.05) is 18.2 Å². The van der Waals surface area contributed by atoms with Gasteiger partial charge in [0, 0.05) is 24.3 Å². The van der Waals surface area contributed by atoms with Crippen LogP contribution in [0.25, 0.3) is 20.8 Å². The fourth-order valence-electron chi connectivity index (χ4n) is 3.52. The second-order valence-electron chi connectivity index (χ2n) is 6.95. The van der Waals surface area contributed by atoms with Gasteiger partial charge >= 0.3 is 0 Å². The topological polar surface area (TPSA) is 60.8 Å². The number of benzene rings is 3. The minimum atomic E-state index is -0.967. The minimum Gasteiger partial charge on any atom is -0.481 e. The Morgan fingerprint density at radius 3 is 2.70 bits per heavy atom. The van der Waals surface area contributed by atoms with Gasteiger partial charge in [-0.25, -0.2) is 9.37 Å². The van der Waals surface area contributed by atoms with Crippen molar-refractivity contribution >= 4 is 21.6 Å². The number of aromatic nitrogens is 1. The van der Waals surface area contributed by atoms with Gasteiger partial charge in [0.1, 0.15) is 28.4 Å². The zero-order valence-electron chi connectivity index (χ0n) is 16.0. The van der Waals surface area contributed by atoms with Gasteiger partial charge in [0.15, 0.2) is 6.10 Å². The molecule has 5 rings (SSSR count). The average molecular weight is 423 g/mol. The molecular formula is C23H18FNO4S. The molecule has 1 aliphatic heterocycles. The fourth-order valence-corrected chi connectivity index (χ4v) is 4.46. The third-order valence-electron chi connectivity index (χ3n) is 5.00. The van der Waals surface area contributed by atoms with Crippen LogP contribution in [0.5, 0.6) is 11.5 Å². The monoisotopic (exact) mass is 423 g/mol. The fraction of sp³-hybridized carbons (Fsp3) is 0.174. The first kappa shape index (κ1) is 19.0. The molecular weight excluding hydrogens is 405 g/mol. The largest absolute Gasteiger partial charge is 0.481 e. The number of thiazole rings is 1. The maximum Gasteiger partial charge on any atom is 0.239 e. The highest BCUT2D eigenvalue weighted by molar-refractivity contribution is 7.21. The molecule has 0 bridgehead atoms. The molecule has 3 atom stereocenters. The summed E-state index contributed by atoms with van der Waals surface area (Å²) in [5, 5.41) is 11.8. The van der Waals surface area contributed by atoms with Crippen molar-refractivity contribution in [2.24, 2.45) is 0 Å². The molecule has 1 unspecified atom stereocenters. The van der Waals surface area contributed by atoms with Gasteiger partial charge in [-0.05, 0) is 42.5 Å². The zero-order chi connectivity index (χ0) is 20.7. The lowest BCUT2D eigenvalue weighted by Gasteiger charge is -2.36. The first-order valence-corrected chi connectivity index (χ1v) is 10.2. The molecule has 1 aromatic heterocycles. The van der Waals surface area contributed by atoms with Gasteiger partial charge in [0.25, 0.3) is 0 Å². The molecule has 4 aromatic rings. The molecule has 0 amide bonds. The van der Waals surface area contributed by atoms with Gasteiger partial charge < -0.3 is 19.3 Å². The van der Waals surface area contributed by atoms with E-state index in [-0.39, 0.29) is 5.82 Å². The Morgan fingerprint density at radius 1 is 1.07 bits per heavy atom. The quantitative estimate of drug-likeness (QED) is 0.503. The van der Waals surface area contributed by atoms with Crippen molar-refractivity contribution in [2.75, 3.05) is 7.11 Å². The first-order chi connectivity index (χ1) is 14.6. The van der Waals surface area contributed by atoms with E-state index >= 15 is 0 Å². The summed E-state index contributed by atoms with van der Waals surface area (Å²) in [7, 11) is 1.51. The van der Waals surface area contributed by atoms with Gasteiger partial charge in [0.05, 0.1) is 10.2 Å². The van der Waals surface area contributed by atoms with Gasteiger partial charge in [-0.2, -0.15) is 0 Å². The summed E-state index contributed by atoms with van der Waals surface area (Å²) in [6.45, 7) is 0. The van der Waals surface area contributed by atoms with E-state index in [1.54, 1.807) is 12.1 Å². The molecule has 0 radical (unpaired) electrons. The smallest absolute Gasteiger partial charge is 0.239 e. The molecule has 3 aromatic carbocycles. The number of methoxy groups -OCH3 is 1. The van der Waals surface area contributed by atoms with E-state index < -0.39 is 18.5 Å². The molecule has 5 nitrogen and oxygen atoms in total. The number of halogens is 1. The van der Waals surface area contributed by atoms with Crippen LogP contribution in [-0.4, -0.2) is 29.6 Å². The van der Waals surface area contributed by atoms with Crippen molar-refractivity contribution < 1.29 is 23.7 Å². The predicted molar refractivity (Wildman–Crippen MR) is 112 cm³/mol. The van der Waals surface area contributed by atoms with Crippen LogP contribution in [0.4, 0.5) is 4.39 Å². The van der Waals surface area contributed by atoms with Crippen LogP contribution >= 0.6 is 11.3 Å². The van der Waals surface area contributed by atoms with Crippen molar-refractivity contribution in [2.45, 2.75) is 18.5 Å². The third kappa shape index (κ3) is 3.41. The Hall–Kier alpha value is -3.00. The normalized spacial score (nSPS) is 20.6. The lowest BCUT2D eigenvalue weighted by molar-refractivity contribution is -0.165. The Bertz CT molecular complexity index is 1200. The van der Waals surface area contributed by atoms with E-state index in [0.29, 0.717) is 22.6 Å². The van der Waals surface area contributed by atoms with Gasteiger partial charge in [-0.3, -0.25) is 0 Å². The van der Waals surface area contributed by atoms with E-state index in [0.717, 1.165) is 15.3 Å². The van der Waals surface area contributed by atoms with Gasteiger partial charge in [0.2, 0.25) is 6.29 Å². The summed E-state index contributed by atoms with van der Waals surface area (Å²) in [6, 6.07) is 19.3. The average Bonchev–Trinajstić information content (AvgIpc) is 3.19.